The summed E-state index contributed by atoms with van der Waals surface area (Å²) in [4.78, 5) is 4.79. The van der Waals surface area contributed by atoms with Crippen LogP contribution in [0.1, 0.15) is 65.7 Å². The molecule has 1 aliphatic rings. The van der Waals surface area contributed by atoms with Gasteiger partial charge in [0.2, 0.25) is 0 Å². The van der Waals surface area contributed by atoms with Crippen molar-refractivity contribution in [2.24, 2.45) is 4.99 Å². The van der Waals surface area contributed by atoms with Crippen molar-refractivity contribution in [2.45, 2.75) is 71.3 Å². The fourth-order valence-electron chi connectivity index (χ4n) is 3.91. The molecule has 0 N–H and O–H groups in total. The van der Waals surface area contributed by atoms with E-state index in [0.717, 1.165) is 16.5 Å². The second kappa shape index (κ2) is 7.13. The molecule has 120 valence electrons. The van der Waals surface area contributed by atoms with Gasteiger partial charge in [-0.05, 0) is 45.2 Å². The fourth-order valence-corrected chi connectivity index (χ4v) is 3.91. The van der Waals surface area contributed by atoms with Gasteiger partial charge in [0.05, 0.1) is 0 Å². The zero-order valence-electron chi connectivity index (χ0n) is 14.5. The van der Waals surface area contributed by atoms with Crippen molar-refractivity contribution in [3.05, 3.63) is 40.5 Å². The predicted octanol–water partition coefficient (Wildman–Crippen LogP) is 3.59. The Labute approximate surface area is 134 Å². The van der Waals surface area contributed by atoms with Gasteiger partial charge < -0.3 is 4.57 Å². The van der Waals surface area contributed by atoms with Gasteiger partial charge in [-0.1, -0.05) is 51.8 Å². The molecule has 2 nitrogen and oxygen atoms in total. The summed E-state index contributed by atoms with van der Waals surface area (Å²) in [5, 5.41) is 2.25. The molecule has 0 unspecified atom stereocenters. The Kier molecular flexibility index (Phi) is 5.44. The van der Waals surface area contributed by atoms with Crippen LogP contribution >= 0.6 is 0 Å². The van der Waals surface area contributed by atoms with Gasteiger partial charge >= 0.3 is 0 Å². The van der Waals surface area contributed by atoms with E-state index in [4.69, 9.17) is 4.99 Å². The van der Waals surface area contributed by atoms with Gasteiger partial charge in [0, 0.05) is 21.8 Å². The molecule has 0 saturated heterocycles. The van der Waals surface area contributed by atoms with Gasteiger partial charge in [0.25, 0.3) is 0 Å². The molecule has 1 aromatic rings. The second-order valence-electron chi connectivity index (χ2n) is 6.61. The summed E-state index contributed by atoms with van der Waals surface area (Å²) < 4.78 is 2.43. The lowest BCUT2D eigenvalue weighted by Gasteiger charge is -2.40. The molecule has 0 atom stereocenters. The third-order valence-corrected chi connectivity index (χ3v) is 4.79. The van der Waals surface area contributed by atoms with Gasteiger partial charge in [-0.3, -0.25) is 0 Å². The highest BCUT2D eigenvalue weighted by atomic mass is 15.1. The van der Waals surface area contributed by atoms with Crippen LogP contribution in [0.4, 0.5) is 0 Å². The third kappa shape index (κ3) is 3.26. The van der Waals surface area contributed by atoms with Crippen LogP contribution in [0.5, 0.6) is 0 Å². The molecular formula is C20H30N2. The van der Waals surface area contributed by atoms with Crippen LogP contribution in [0.25, 0.3) is 12.7 Å². The summed E-state index contributed by atoms with van der Waals surface area (Å²) in [5.74, 6) is 0. The van der Waals surface area contributed by atoms with Crippen LogP contribution < -0.4 is 16.1 Å². The van der Waals surface area contributed by atoms with Crippen molar-refractivity contribution in [2.75, 3.05) is 0 Å². The fraction of sp³-hybridized carbons (Fsp3) is 0.550. The molecule has 1 saturated carbocycles. The molecule has 0 aliphatic heterocycles. The quantitative estimate of drug-likeness (QED) is 0.808. The minimum Gasteiger partial charge on any atom is -0.320 e. The summed E-state index contributed by atoms with van der Waals surface area (Å²) in [6.45, 7) is 14.6. The maximum absolute atomic E-state index is 4.79. The SMILES string of the molecule is C=C(C)N=c1/c(=C\C)ccc(=C)n1C1(CCC)CCCCC1. The van der Waals surface area contributed by atoms with Crippen LogP contribution in [0.2, 0.25) is 0 Å². The van der Waals surface area contributed by atoms with E-state index in [2.05, 4.69) is 49.8 Å². The van der Waals surface area contributed by atoms with Crippen molar-refractivity contribution in [1.82, 2.24) is 4.57 Å². The first-order valence-electron chi connectivity index (χ1n) is 8.62. The predicted molar refractivity (Wildman–Crippen MR) is 95.7 cm³/mol. The molecule has 1 heterocycles. The molecular weight excluding hydrogens is 268 g/mol. The van der Waals surface area contributed by atoms with Gasteiger partial charge in [-0.2, -0.15) is 0 Å². The van der Waals surface area contributed by atoms with E-state index in [1.165, 1.54) is 50.2 Å². The van der Waals surface area contributed by atoms with Gasteiger partial charge in [0.15, 0.2) is 0 Å². The standard InChI is InChI=1S/C20H30N2/c1-6-13-20(14-9-8-10-15-20)22-17(5)11-12-18(7-2)19(22)21-16(3)4/h7,11-12H,3,5-6,8-10,13-15H2,1-2,4H3/b18-7-,21-19?. The van der Waals surface area contributed by atoms with Crippen molar-refractivity contribution < 1.29 is 0 Å². The minimum atomic E-state index is 0.178. The molecule has 1 aromatic heterocycles. The molecule has 0 amide bonds. The van der Waals surface area contributed by atoms with E-state index in [-0.39, 0.29) is 5.54 Å². The average Bonchev–Trinajstić information content (AvgIpc) is 2.48. The molecule has 0 radical (unpaired) electrons. The summed E-state index contributed by atoms with van der Waals surface area (Å²) in [7, 11) is 0. The lowest BCUT2D eigenvalue weighted by atomic mass is 9.78. The summed E-state index contributed by atoms with van der Waals surface area (Å²) in [5.41, 5.74) is 2.07. The first-order valence-corrected chi connectivity index (χ1v) is 8.62. The van der Waals surface area contributed by atoms with Crippen molar-refractivity contribution in [3.8, 4) is 0 Å². The molecule has 1 aliphatic carbocycles. The summed E-state index contributed by atoms with van der Waals surface area (Å²) >= 11 is 0. The number of nitrogens with zero attached hydrogens (tertiary/aromatic N) is 2. The maximum atomic E-state index is 4.79. The smallest absolute Gasteiger partial charge is 0.140 e. The number of rotatable bonds is 4. The maximum Gasteiger partial charge on any atom is 0.140 e. The average molecular weight is 298 g/mol. The topological polar surface area (TPSA) is 17.3 Å². The summed E-state index contributed by atoms with van der Waals surface area (Å²) in [6, 6.07) is 4.27. The molecule has 1 fully saturated rings. The second-order valence-corrected chi connectivity index (χ2v) is 6.61. The van der Waals surface area contributed by atoms with Crippen molar-refractivity contribution >= 4 is 12.7 Å². The molecule has 0 bridgehead atoms. The molecule has 0 spiro atoms. The van der Waals surface area contributed by atoms with Gasteiger partial charge in [-0.15, -0.1) is 0 Å². The van der Waals surface area contributed by atoms with Crippen LogP contribution in [0.3, 0.4) is 0 Å². The first kappa shape index (κ1) is 16.8. The lowest BCUT2D eigenvalue weighted by Crippen LogP contribution is -2.54. The van der Waals surface area contributed by atoms with Crippen molar-refractivity contribution in [1.29, 1.82) is 0 Å². The zero-order chi connectivity index (χ0) is 16.2. The van der Waals surface area contributed by atoms with Crippen LogP contribution in [-0.4, -0.2) is 4.57 Å². The first-order chi connectivity index (χ1) is 10.5. The van der Waals surface area contributed by atoms with E-state index < -0.39 is 0 Å². The Balaban J connectivity index is 2.82. The lowest BCUT2D eigenvalue weighted by molar-refractivity contribution is 0.165. The zero-order valence-corrected chi connectivity index (χ0v) is 14.5. The molecule has 2 heteroatoms. The molecule has 2 rings (SSSR count). The van der Waals surface area contributed by atoms with E-state index in [0.29, 0.717) is 0 Å². The number of pyridine rings is 1. The Morgan fingerprint density at radius 3 is 2.55 bits per heavy atom. The number of allylic oxidation sites excluding steroid dienone is 1. The van der Waals surface area contributed by atoms with Gasteiger partial charge in [0.1, 0.15) is 5.49 Å². The van der Waals surface area contributed by atoms with E-state index >= 15 is 0 Å². The number of hydrogen-bond donors (Lipinski definition) is 0. The van der Waals surface area contributed by atoms with E-state index in [9.17, 15) is 0 Å². The van der Waals surface area contributed by atoms with Crippen LogP contribution in [-0.2, 0) is 5.54 Å². The Morgan fingerprint density at radius 2 is 2.00 bits per heavy atom. The van der Waals surface area contributed by atoms with E-state index in [1.807, 2.05) is 6.92 Å². The largest absolute Gasteiger partial charge is 0.320 e. The minimum absolute atomic E-state index is 0.178. The van der Waals surface area contributed by atoms with Crippen LogP contribution in [0, 0.1) is 0 Å². The third-order valence-electron chi connectivity index (χ3n) is 4.79. The highest BCUT2D eigenvalue weighted by molar-refractivity contribution is 5.20. The number of hydrogen-bond acceptors (Lipinski definition) is 1. The molecule has 22 heavy (non-hydrogen) atoms. The summed E-state index contributed by atoms with van der Waals surface area (Å²) in [6.07, 6.45) is 11.0. The highest BCUT2D eigenvalue weighted by Gasteiger charge is 2.33. The molecule has 0 aromatic carbocycles. The van der Waals surface area contributed by atoms with Crippen LogP contribution in [0.15, 0.2) is 29.4 Å². The normalized spacial score (nSPS) is 19.4. The van der Waals surface area contributed by atoms with Crippen molar-refractivity contribution in [3.63, 3.8) is 0 Å². The number of aromatic nitrogens is 1. The monoisotopic (exact) mass is 298 g/mol. The Hall–Kier alpha value is -1.57. The van der Waals surface area contributed by atoms with E-state index in [1.54, 1.807) is 0 Å². The Bertz CT molecular complexity index is 695. The Morgan fingerprint density at radius 1 is 1.32 bits per heavy atom. The highest BCUT2D eigenvalue weighted by Crippen LogP contribution is 2.36. The van der Waals surface area contributed by atoms with Gasteiger partial charge in [-0.25, -0.2) is 4.99 Å².